The number of nitrogens with zero attached hydrogens (tertiary/aromatic N) is 3. The number of H-pyrrole nitrogens is 1. The number of aromatic nitrogens is 3. The number of pyridine rings is 1. The third kappa shape index (κ3) is 2.58. The Hall–Kier alpha value is -2.44. The van der Waals surface area contributed by atoms with Gasteiger partial charge < -0.3 is 14.4 Å². The van der Waals surface area contributed by atoms with Crippen LogP contribution in [0.2, 0.25) is 0 Å². The van der Waals surface area contributed by atoms with E-state index in [9.17, 15) is 9.59 Å². The van der Waals surface area contributed by atoms with Crippen LogP contribution in [0.25, 0.3) is 0 Å². The molecule has 0 aromatic carbocycles. The van der Waals surface area contributed by atoms with E-state index in [1.165, 1.54) is 18.3 Å². The molecule has 3 heterocycles. The van der Waals surface area contributed by atoms with Crippen LogP contribution in [0, 0.1) is 0 Å². The molecule has 7 nitrogen and oxygen atoms in total. The predicted molar refractivity (Wildman–Crippen MR) is 73.8 cm³/mol. The fraction of sp³-hybridized carbons (Fsp3) is 0.429. The highest BCUT2D eigenvalue weighted by atomic mass is 16.5. The average molecular weight is 288 g/mol. The molecule has 2 aromatic rings. The SMILES string of the molecule is CCc1nc([C@@H]2CCCN2C(=O)c2ccc(=O)[nH]c2)no1. The lowest BCUT2D eigenvalue weighted by Gasteiger charge is -2.22. The number of amides is 1. The number of hydrogen-bond acceptors (Lipinski definition) is 5. The van der Waals surface area contributed by atoms with E-state index in [0.717, 1.165) is 12.8 Å². The predicted octanol–water partition coefficient (Wildman–Crippen LogP) is 1.30. The molecule has 0 bridgehead atoms. The van der Waals surface area contributed by atoms with Gasteiger partial charge in [0.2, 0.25) is 11.4 Å². The largest absolute Gasteiger partial charge is 0.339 e. The summed E-state index contributed by atoms with van der Waals surface area (Å²) in [7, 11) is 0. The Morgan fingerprint density at radius 3 is 3.05 bits per heavy atom. The standard InChI is InChI=1S/C14H16N4O3/c1-2-12-16-13(17-21-12)10-4-3-7-18(10)14(20)9-5-6-11(19)15-8-9/h5-6,8,10H,2-4,7H2,1H3,(H,15,19)/t10-/m0/s1. The Balaban J connectivity index is 1.84. The van der Waals surface area contributed by atoms with Crippen LogP contribution < -0.4 is 5.56 Å². The van der Waals surface area contributed by atoms with Crippen LogP contribution in [0.1, 0.15) is 47.9 Å². The van der Waals surface area contributed by atoms with E-state index in [1.54, 1.807) is 4.90 Å². The van der Waals surface area contributed by atoms with E-state index >= 15 is 0 Å². The molecule has 1 saturated heterocycles. The van der Waals surface area contributed by atoms with Crippen LogP contribution in [-0.4, -0.2) is 32.5 Å². The van der Waals surface area contributed by atoms with Crippen molar-refractivity contribution in [2.75, 3.05) is 6.54 Å². The van der Waals surface area contributed by atoms with Gasteiger partial charge in [-0.15, -0.1) is 0 Å². The minimum atomic E-state index is -0.227. The van der Waals surface area contributed by atoms with Crippen molar-refractivity contribution in [1.82, 2.24) is 20.0 Å². The zero-order valence-electron chi connectivity index (χ0n) is 11.7. The van der Waals surface area contributed by atoms with Crippen LogP contribution in [0.3, 0.4) is 0 Å². The van der Waals surface area contributed by atoms with Crippen molar-refractivity contribution in [3.05, 3.63) is 46.0 Å². The van der Waals surface area contributed by atoms with E-state index in [1.807, 2.05) is 6.92 Å². The van der Waals surface area contributed by atoms with Crippen molar-refractivity contribution < 1.29 is 9.32 Å². The molecule has 110 valence electrons. The maximum atomic E-state index is 12.5. The number of carbonyl (C=O) groups excluding carboxylic acids is 1. The topological polar surface area (TPSA) is 92.1 Å². The van der Waals surface area contributed by atoms with Gasteiger partial charge in [-0.05, 0) is 18.9 Å². The number of likely N-dealkylation sites (tertiary alicyclic amines) is 1. The van der Waals surface area contributed by atoms with Gasteiger partial charge in [-0.25, -0.2) is 0 Å². The Morgan fingerprint density at radius 2 is 2.38 bits per heavy atom. The fourth-order valence-corrected chi connectivity index (χ4v) is 2.53. The summed E-state index contributed by atoms with van der Waals surface area (Å²) in [5.74, 6) is 1.01. The molecule has 0 unspecified atom stereocenters. The summed E-state index contributed by atoms with van der Waals surface area (Å²) >= 11 is 0. The number of hydrogen-bond donors (Lipinski definition) is 1. The Labute approximate surface area is 121 Å². The maximum absolute atomic E-state index is 12.5. The van der Waals surface area contributed by atoms with E-state index in [-0.39, 0.29) is 17.5 Å². The summed E-state index contributed by atoms with van der Waals surface area (Å²) in [6.07, 6.45) is 3.83. The van der Waals surface area contributed by atoms with E-state index in [2.05, 4.69) is 15.1 Å². The highest BCUT2D eigenvalue weighted by Gasteiger charge is 2.33. The van der Waals surface area contributed by atoms with Crippen LogP contribution in [0.4, 0.5) is 0 Å². The van der Waals surface area contributed by atoms with Crippen LogP contribution in [-0.2, 0) is 6.42 Å². The maximum Gasteiger partial charge on any atom is 0.255 e. The summed E-state index contributed by atoms with van der Waals surface area (Å²) < 4.78 is 5.13. The highest BCUT2D eigenvalue weighted by Crippen LogP contribution is 2.31. The normalized spacial score (nSPS) is 18.1. The molecule has 1 aliphatic heterocycles. The lowest BCUT2D eigenvalue weighted by atomic mass is 10.2. The van der Waals surface area contributed by atoms with Gasteiger partial charge in [0.05, 0.1) is 11.6 Å². The first-order valence-corrected chi connectivity index (χ1v) is 7.01. The zero-order chi connectivity index (χ0) is 14.8. The number of aromatic amines is 1. The van der Waals surface area contributed by atoms with Gasteiger partial charge in [0, 0.05) is 25.2 Å². The lowest BCUT2D eigenvalue weighted by Crippen LogP contribution is -2.31. The number of carbonyl (C=O) groups is 1. The molecule has 0 aliphatic carbocycles. The number of aryl methyl sites for hydroxylation is 1. The highest BCUT2D eigenvalue weighted by molar-refractivity contribution is 5.94. The summed E-state index contributed by atoms with van der Waals surface area (Å²) in [6, 6.07) is 2.72. The Bertz CT molecular complexity index is 686. The van der Waals surface area contributed by atoms with Gasteiger partial charge in [-0.3, -0.25) is 9.59 Å². The smallest absolute Gasteiger partial charge is 0.255 e. The minimum Gasteiger partial charge on any atom is -0.339 e. The van der Waals surface area contributed by atoms with Crippen molar-refractivity contribution in [3.63, 3.8) is 0 Å². The van der Waals surface area contributed by atoms with Crippen LogP contribution in [0.15, 0.2) is 27.6 Å². The molecule has 3 rings (SSSR count). The third-order valence-electron chi connectivity index (χ3n) is 3.63. The van der Waals surface area contributed by atoms with Gasteiger partial charge in [0.15, 0.2) is 5.82 Å². The van der Waals surface area contributed by atoms with Gasteiger partial charge >= 0.3 is 0 Å². The summed E-state index contributed by atoms with van der Waals surface area (Å²) in [5.41, 5.74) is 0.232. The van der Waals surface area contributed by atoms with E-state index in [4.69, 9.17) is 4.52 Å². The average Bonchev–Trinajstić information content (AvgIpc) is 3.15. The lowest BCUT2D eigenvalue weighted by molar-refractivity contribution is 0.0728. The molecule has 0 radical (unpaired) electrons. The van der Waals surface area contributed by atoms with Gasteiger partial charge in [-0.1, -0.05) is 12.1 Å². The zero-order valence-corrected chi connectivity index (χ0v) is 11.7. The van der Waals surface area contributed by atoms with Crippen molar-refractivity contribution in [3.8, 4) is 0 Å². The monoisotopic (exact) mass is 288 g/mol. The number of nitrogens with one attached hydrogen (secondary N) is 1. The van der Waals surface area contributed by atoms with Crippen molar-refractivity contribution in [1.29, 1.82) is 0 Å². The molecule has 0 saturated carbocycles. The van der Waals surface area contributed by atoms with Crippen LogP contribution >= 0.6 is 0 Å². The van der Waals surface area contributed by atoms with Crippen molar-refractivity contribution in [2.45, 2.75) is 32.2 Å². The second-order valence-corrected chi connectivity index (χ2v) is 5.00. The molecule has 2 aromatic heterocycles. The van der Waals surface area contributed by atoms with Gasteiger partial charge in [-0.2, -0.15) is 4.98 Å². The Kier molecular flexibility index (Phi) is 3.55. The quantitative estimate of drug-likeness (QED) is 0.919. The summed E-state index contributed by atoms with van der Waals surface area (Å²) in [4.78, 5) is 32.2. The Morgan fingerprint density at radius 1 is 1.52 bits per heavy atom. The third-order valence-corrected chi connectivity index (χ3v) is 3.63. The van der Waals surface area contributed by atoms with Gasteiger partial charge in [0.25, 0.3) is 5.91 Å². The second kappa shape index (κ2) is 5.51. The van der Waals surface area contributed by atoms with Gasteiger partial charge in [0.1, 0.15) is 0 Å². The molecule has 1 fully saturated rings. The minimum absolute atomic E-state index is 0.128. The molecule has 21 heavy (non-hydrogen) atoms. The molecular formula is C14H16N4O3. The molecule has 0 spiro atoms. The molecular weight excluding hydrogens is 272 g/mol. The van der Waals surface area contributed by atoms with Crippen LogP contribution in [0.5, 0.6) is 0 Å². The molecule has 1 aliphatic rings. The number of rotatable bonds is 3. The molecule has 1 N–H and O–H groups in total. The van der Waals surface area contributed by atoms with Crippen molar-refractivity contribution >= 4 is 5.91 Å². The van der Waals surface area contributed by atoms with Crippen molar-refractivity contribution in [2.24, 2.45) is 0 Å². The molecule has 1 atom stereocenters. The molecule has 1 amide bonds. The second-order valence-electron chi connectivity index (χ2n) is 5.00. The first kappa shape index (κ1) is 13.5. The van der Waals surface area contributed by atoms with E-state index < -0.39 is 0 Å². The molecule has 7 heteroatoms. The first-order valence-electron chi connectivity index (χ1n) is 7.01. The van der Waals surface area contributed by atoms with E-state index in [0.29, 0.717) is 30.2 Å². The summed E-state index contributed by atoms with van der Waals surface area (Å²) in [6.45, 7) is 2.59. The first-order chi connectivity index (χ1) is 10.2. The fourth-order valence-electron chi connectivity index (χ4n) is 2.53. The summed E-state index contributed by atoms with van der Waals surface area (Å²) in [5, 5.41) is 3.97.